The number of fused-ring (bicyclic) bond motifs is 1. The van der Waals surface area contributed by atoms with Gasteiger partial charge in [-0.3, -0.25) is 18.9 Å². The van der Waals surface area contributed by atoms with Gasteiger partial charge >= 0.3 is 0 Å². The highest BCUT2D eigenvalue weighted by Gasteiger charge is 2.34. The minimum atomic E-state index is -4.23. The zero-order valence-electron chi connectivity index (χ0n) is 22.4. The zero-order valence-corrected chi connectivity index (χ0v) is 24.0. The molecule has 0 bridgehead atoms. The monoisotopic (exact) mass is 599 g/mol. The maximum absolute atomic E-state index is 13.5. The Balaban J connectivity index is 1.45. The number of nitrogens with zero attached hydrogens (tertiary/aromatic N) is 3. The van der Waals surface area contributed by atoms with E-state index in [1.807, 2.05) is 0 Å². The maximum Gasteiger partial charge on any atom is 0.263 e. The first-order valence-corrected chi connectivity index (χ1v) is 14.6. The second-order valence-corrected chi connectivity index (χ2v) is 12.2. The molecule has 1 fully saturated rings. The fourth-order valence-corrected chi connectivity index (χ4v) is 6.01. The predicted octanol–water partition coefficient (Wildman–Crippen LogP) is 4.22. The van der Waals surface area contributed by atoms with Gasteiger partial charge in [0.2, 0.25) is 11.8 Å². The van der Waals surface area contributed by atoms with E-state index in [1.54, 1.807) is 25.1 Å². The number of hydrogen-bond donors (Lipinski definition) is 2. The Bertz CT molecular complexity index is 1830. The van der Waals surface area contributed by atoms with Crippen molar-refractivity contribution in [3.8, 4) is 17.0 Å². The normalized spacial score (nSPS) is 17.2. The largest absolute Gasteiger partial charge is 0.480 e. The summed E-state index contributed by atoms with van der Waals surface area (Å²) in [6.45, 7) is 4.00. The molecule has 0 unspecified atom stereocenters. The first kappa shape index (κ1) is 28.5. The third kappa shape index (κ3) is 6.03. The quantitative estimate of drug-likeness (QED) is 0.294. The van der Waals surface area contributed by atoms with Crippen LogP contribution < -0.4 is 20.3 Å². The van der Waals surface area contributed by atoms with Crippen LogP contribution in [0.4, 0.5) is 10.1 Å². The molecule has 1 aliphatic carbocycles. The van der Waals surface area contributed by atoms with Crippen molar-refractivity contribution in [3.63, 3.8) is 0 Å². The lowest BCUT2D eigenvalue weighted by Gasteiger charge is -2.15. The molecular formula is C28H27ClFN5O5S. The first-order chi connectivity index (χ1) is 19.5. The molecule has 1 amide bonds. The van der Waals surface area contributed by atoms with Crippen LogP contribution in [0.5, 0.6) is 5.88 Å². The van der Waals surface area contributed by atoms with Crippen LogP contribution in [0.3, 0.4) is 0 Å². The summed E-state index contributed by atoms with van der Waals surface area (Å²) in [6.07, 6.45) is 3.86. The summed E-state index contributed by atoms with van der Waals surface area (Å²) < 4.78 is 48.6. The van der Waals surface area contributed by atoms with E-state index in [0.717, 1.165) is 24.6 Å². The highest BCUT2D eigenvalue weighted by atomic mass is 35.5. The Morgan fingerprint density at radius 1 is 1.20 bits per heavy atom. The molecule has 2 heterocycles. The number of carbonyl (C=O) groups excluding carboxylic acids is 1. The third-order valence-corrected chi connectivity index (χ3v) is 8.83. The van der Waals surface area contributed by atoms with Crippen molar-refractivity contribution in [1.29, 1.82) is 0 Å². The molecule has 41 heavy (non-hydrogen) atoms. The van der Waals surface area contributed by atoms with E-state index >= 15 is 0 Å². The molecule has 0 saturated heterocycles. The van der Waals surface area contributed by atoms with Gasteiger partial charge in [-0.2, -0.15) is 0 Å². The SMILES string of the molecule is COc1ncc(-c2ccc3ncn(C[C@@H](C)C(=O)N[C@@H]4C[C@H]4C)c(=O)c3c2)cc1NS(=O)(=O)c1ccc(F)cc1Cl. The van der Waals surface area contributed by atoms with Crippen LogP contribution in [-0.4, -0.2) is 42.0 Å². The molecule has 2 aromatic heterocycles. The maximum atomic E-state index is 13.5. The second kappa shape index (κ2) is 11.1. The Morgan fingerprint density at radius 2 is 1.95 bits per heavy atom. The van der Waals surface area contributed by atoms with Crippen molar-refractivity contribution in [2.45, 2.75) is 37.8 Å². The molecule has 2 aromatic carbocycles. The zero-order chi connectivity index (χ0) is 29.5. The van der Waals surface area contributed by atoms with Crippen LogP contribution in [0.2, 0.25) is 5.02 Å². The molecule has 4 aromatic rings. The summed E-state index contributed by atoms with van der Waals surface area (Å²) in [5, 5.41) is 3.03. The van der Waals surface area contributed by atoms with E-state index in [4.69, 9.17) is 16.3 Å². The lowest BCUT2D eigenvalue weighted by atomic mass is 10.0. The van der Waals surface area contributed by atoms with Gasteiger partial charge in [0.05, 0.1) is 35.3 Å². The fraction of sp³-hybridized carbons (Fsp3) is 0.286. The molecule has 214 valence electrons. The number of pyridine rings is 1. The van der Waals surface area contributed by atoms with Crippen molar-refractivity contribution < 1.29 is 22.3 Å². The molecule has 0 radical (unpaired) electrons. The number of sulfonamides is 1. The number of benzene rings is 2. The number of anilines is 1. The van der Waals surface area contributed by atoms with Gasteiger partial charge in [0.1, 0.15) is 16.4 Å². The van der Waals surface area contributed by atoms with Crippen molar-refractivity contribution in [2.24, 2.45) is 11.8 Å². The summed E-state index contributed by atoms with van der Waals surface area (Å²) in [7, 11) is -2.89. The Labute approximate surface area is 240 Å². The van der Waals surface area contributed by atoms with Gasteiger partial charge in [-0.25, -0.2) is 22.8 Å². The highest BCUT2D eigenvalue weighted by Crippen LogP contribution is 2.32. The number of nitrogens with one attached hydrogen (secondary N) is 2. The average molecular weight is 600 g/mol. The van der Waals surface area contributed by atoms with Crippen molar-refractivity contribution in [2.75, 3.05) is 11.8 Å². The van der Waals surface area contributed by atoms with Crippen molar-refractivity contribution >= 4 is 44.1 Å². The lowest BCUT2D eigenvalue weighted by molar-refractivity contribution is -0.125. The smallest absolute Gasteiger partial charge is 0.263 e. The molecule has 1 aliphatic rings. The summed E-state index contributed by atoms with van der Waals surface area (Å²) in [5.74, 6) is -0.752. The van der Waals surface area contributed by atoms with Gasteiger partial charge in [-0.15, -0.1) is 0 Å². The van der Waals surface area contributed by atoms with Gasteiger partial charge in [0.15, 0.2) is 0 Å². The second-order valence-electron chi connectivity index (χ2n) is 10.1. The predicted molar refractivity (Wildman–Crippen MR) is 153 cm³/mol. The van der Waals surface area contributed by atoms with E-state index < -0.39 is 21.8 Å². The molecule has 0 spiro atoms. The molecule has 1 saturated carbocycles. The number of hydrogen-bond acceptors (Lipinski definition) is 7. The van der Waals surface area contributed by atoms with Gasteiger partial charge in [0.25, 0.3) is 15.6 Å². The standard InChI is InChI=1S/C28H27ClFN5O5S/c1-15-8-23(15)33-26(36)16(2)13-35-14-32-22-6-4-17(9-20(22)28(35)37)18-10-24(27(40-3)31-12-18)34-41(38,39)25-7-5-19(30)11-21(25)29/h4-7,9-12,14-16,23,34H,8,13H2,1-3H3,(H,33,36)/t15-,16-,23-/m1/s1. The van der Waals surface area contributed by atoms with Crippen LogP contribution in [0.15, 0.2) is 64.7 Å². The number of aromatic nitrogens is 3. The molecule has 5 rings (SSSR count). The first-order valence-electron chi connectivity index (χ1n) is 12.8. The van der Waals surface area contributed by atoms with Crippen LogP contribution in [0, 0.1) is 17.7 Å². The Morgan fingerprint density at radius 3 is 2.63 bits per heavy atom. The van der Waals surface area contributed by atoms with Gasteiger partial charge in [0, 0.05) is 24.3 Å². The molecule has 3 atom stereocenters. The minimum absolute atomic E-state index is 0.00627. The molecule has 0 aliphatic heterocycles. The van der Waals surface area contributed by atoms with E-state index in [-0.39, 0.29) is 45.5 Å². The third-order valence-electron chi connectivity index (χ3n) is 6.98. The van der Waals surface area contributed by atoms with Crippen LogP contribution in [0.1, 0.15) is 20.3 Å². The van der Waals surface area contributed by atoms with E-state index in [2.05, 4.69) is 26.9 Å². The number of ether oxygens (including phenoxy) is 1. The summed E-state index contributed by atoms with van der Waals surface area (Å²) in [4.78, 5) is 34.2. The molecular weight excluding hydrogens is 573 g/mol. The number of carbonyl (C=O) groups is 1. The molecule has 2 N–H and O–H groups in total. The van der Waals surface area contributed by atoms with Crippen LogP contribution in [0.25, 0.3) is 22.0 Å². The Hall–Kier alpha value is -4.03. The van der Waals surface area contributed by atoms with Gasteiger partial charge < -0.3 is 10.1 Å². The highest BCUT2D eigenvalue weighted by molar-refractivity contribution is 7.92. The lowest BCUT2D eigenvalue weighted by Crippen LogP contribution is -2.35. The Kier molecular flexibility index (Phi) is 7.71. The van der Waals surface area contributed by atoms with Crippen LogP contribution in [-0.2, 0) is 21.4 Å². The average Bonchev–Trinajstić information content (AvgIpc) is 3.63. The minimum Gasteiger partial charge on any atom is -0.480 e. The van der Waals surface area contributed by atoms with Crippen molar-refractivity contribution in [1.82, 2.24) is 19.9 Å². The summed E-state index contributed by atoms with van der Waals surface area (Å²) in [5.41, 5.74) is 1.21. The number of halogens is 2. The number of methoxy groups -OCH3 is 1. The van der Waals surface area contributed by atoms with E-state index in [1.165, 1.54) is 30.3 Å². The number of amides is 1. The van der Waals surface area contributed by atoms with Crippen LogP contribution >= 0.6 is 11.6 Å². The van der Waals surface area contributed by atoms with Gasteiger partial charge in [-0.05, 0) is 54.3 Å². The summed E-state index contributed by atoms with van der Waals surface area (Å²) in [6, 6.07) is 9.68. The topological polar surface area (TPSA) is 132 Å². The summed E-state index contributed by atoms with van der Waals surface area (Å²) >= 11 is 5.98. The van der Waals surface area contributed by atoms with E-state index in [9.17, 15) is 22.4 Å². The number of rotatable bonds is 9. The van der Waals surface area contributed by atoms with E-state index in [0.29, 0.717) is 27.9 Å². The molecule has 13 heteroatoms. The fourth-order valence-electron chi connectivity index (χ4n) is 4.43. The van der Waals surface area contributed by atoms with Crippen molar-refractivity contribution in [3.05, 3.63) is 76.2 Å². The van der Waals surface area contributed by atoms with Gasteiger partial charge in [-0.1, -0.05) is 31.5 Å². The molecule has 10 nitrogen and oxygen atoms in total.